The number of aromatic nitrogens is 2. The number of halogens is 1. The molecule has 25 heavy (non-hydrogen) atoms. The first-order valence-corrected chi connectivity index (χ1v) is 7.64. The quantitative estimate of drug-likeness (QED) is 0.520. The van der Waals surface area contributed by atoms with Crippen molar-refractivity contribution in [3.63, 3.8) is 0 Å². The number of hydrogen-bond donors (Lipinski definition) is 1. The van der Waals surface area contributed by atoms with E-state index >= 15 is 0 Å². The van der Waals surface area contributed by atoms with E-state index in [1.807, 2.05) is 28.8 Å². The van der Waals surface area contributed by atoms with E-state index < -0.39 is 0 Å². The molecular formula is C19H13FN4O. The number of phenols is 1. The molecule has 0 radical (unpaired) electrons. The Bertz CT molecular complexity index is 1070. The molecule has 122 valence electrons. The predicted octanol–water partition coefficient (Wildman–Crippen LogP) is 5.26. The fourth-order valence-electron chi connectivity index (χ4n) is 2.54. The first-order chi connectivity index (χ1) is 12.2. The molecule has 0 saturated heterocycles. The first-order valence-electron chi connectivity index (χ1n) is 7.64. The summed E-state index contributed by atoms with van der Waals surface area (Å²) in [6, 6.07) is 18.2. The standard InChI is InChI=1S/C19H13FN4O/c20-14-9-7-13(8-10-14)18-19(24-11-2-1-6-17(24)21-18)23-22-15-4-3-5-16(25)12-15/h1-12,25H. The lowest BCUT2D eigenvalue weighted by molar-refractivity contribution is 0.475. The zero-order valence-electron chi connectivity index (χ0n) is 13.0. The van der Waals surface area contributed by atoms with Gasteiger partial charge in [0, 0.05) is 17.8 Å². The number of benzene rings is 2. The maximum atomic E-state index is 13.2. The summed E-state index contributed by atoms with van der Waals surface area (Å²) in [5.74, 6) is 0.342. The van der Waals surface area contributed by atoms with Crippen LogP contribution in [0.1, 0.15) is 0 Å². The van der Waals surface area contributed by atoms with Crippen molar-refractivity contribution in [2.75, 3.05) is 0 Å². The highest BCUT2D eigenvalue weighted by Gasteiger charge is 2.13. The minimum Gasteiger partial charge on any atom is -0.508 e. The molecule has 0 bridgehead atoms. The topological polar surface area (TPSA) is 62.2 Å². The molecule has 0 spiro atoms. The van der Waals surface area contributed by atoms with Crippen molar-refractivity contribution < 1.29 is 9.50 Å². The van der Waals surface area contributed by atoms with E-state index in [0.29, 0.717) is 22.8 Å². The minimum absolute atomic E-state index is 0.119. The fourth-order valence-corrected chi connectivity index (χ4v) is 2.54. The number of phenolic OH excluding ortho intramolecular Hbond substituents is 1. The molecule has 5 nitrogen and oxygen atoms in total. The van der Waals surface area contributed by atoms with E-state index in [1.54, 1.807) is 30.3 Å². The monoisotopic (exact) mass is 332 g/mol. The van der Waals surface area contributed by atoms with E-state index in [0.717, 1.165) is 5.56 Å². The van der Waals surface area contributed by atoms with Crippen LogP contribution < -0.4 is 0 Å². The van der Waals surface area contributed by atoms with E-state index in [2.05, 4.69) is 15.2 Å². The Kier molecular flexibility index (Phi) is 3.70. The number of rotatable bonds is 3. The van der Waals surface area contributed by atoms with Crippen molar-refractivity contribution in [1.82, 2.24) is 9.38 Å². The number of imidazole rings is 1. The summed E-state index contributed by atoms with van der Waals surface area (Å²) in [5.41, 5.74) is 2.59. The normalized spacial score (nSPS) is 11.4. The molecule has 2 aromatic carbocycles. The van der Waals surface area contributed by atoms with Gasteiger partial charge in [0.25, 0.3) is 0 Å². The zero-order chi connectivity index (χ0) is 17.2. The second-order valence-corrected chi connectivity index (χ2v) is 5.44. The lowest BCUT2D eigenvalue weighted by atomic mass is 10.1. The van der Waals surface area contributed by atoms with Gasteiger partial charge in [-0.15, -0.1) is 10.2 Å². The van der Waals surface area contributed by atoms with Crippen molar-refractivity contribution in [2.24, 2.45) is 10.2 Å². The van der Waals surface area contributed by atoms with Crippen molar-refractivity contribution >= 4 is 17.2 Å². The summed E-state index contributed by atoms with van der Waals surface area (Å²) in [6.07, 6.45) is 1.84. The maximum Gasteiger partial charge on any atom is 0.187 e. The van der Waals surface area contributed by atoms with Gasteiger partial charge in [0.05, 0.1) is 5.69 Å². The van der Waals surface area contributed by atoms with E-state index in [4.69, 9.17) is 0 Å². The smallest absolute Gasteiger partial charge is 0.187 e. The average Bonchev–Trinajstić information content (AvgIpc) is 2.99. The van der Waals surface area contributed by atoms with Crippen molar-refractivity contribution in [3.8, 4) is 17.0 Å². The van der Waals surface area contributed by atoms with E-state index in [1.165, 1.54) is 18.2 Å². The number of nitrogens with zero attached hydrogens (tertiary/aromatic N) is 4. The van der Waals surface area contributed by atoms with Crippen LogP contribution >= 0.6 is 0 Å². The number of azo groups is 1. The van der Waals surface area contributed by atoms with Crippen molar-refractivity contribution in [2.45, 2.75) is 0 Å². The second kappa shape index (κ2) is 6.16. The molecule has 0 aliphatic heterocycles. The summed E-state index contributed by atoms with van der Waals surface area (Å²) in [5, 5.41) is 18.1. The number of aromatic hydroxyl groups is 1. The molecule has 0 aliphatic carbocycles. The highest BCUT2D eigenvalue weighted by molar-refractivity contribution is 5.74. The van der Waals surface area contributed by atoms with Gasteiger partial charge in [-0.05, 0) is 48.5 Å². The summed E-state index contributed by atoms with van der Waals surface area (Å²) < 4.78 is 15.0. The largest absolute Gasteiger partial charge is 0.508 e. The third-order valence-electron chi connectivity index (χ3n) is 3.71. The third kappa shape index (κ3) is 2.97. The molecular weight excluding hydrogens is 319 g/mol. The highest BCUT2D eigenvalue weighted by atomic mass is 19.1. The SMILES string of the molecule is Oc1cccc(N=Nc2c(-c3ccc(F)cc3)nc3ccccn23)c1. The summed E-state index contributed by atoms with van der Waals surface area (Å²) in [4.78, 5) is 4.58. The van der Waals surface area contributed by atoms with Crippen LogP contribution in [0.2, 0.25) is 0 Å². The Hall–Kier alpha value is -3.54. The van der Waals surface area contributed by atoms with Crippen LogP contribution in [0, 0.1) is 5.82 Å². The molecule has 4 rings (SSSR count). The van der Waals surface area contributed by atoms with Gasteiger partial charge in [-0.1, -0.05) is 12.1 Å². The Labute approximate surface area is 142 Å². The summed E-state index contributed by atoms with van der Waals surface area (Å²) >= 11 is 0. The molecule has 1 N–H and O–H groups in total. The van der Waals surface area contributed by atoms with Gasteiger partial charge >= 0.3 is 0 Å². The van der Waals surface area contributed by atoms with Gasteiger partial charge < -0.3 is 5.11 Å². The molecule has 2 heterocycles. The highest BCUT2D eigenvalue weighted by Crippen LogP contribution is 2.32. The van der Waals surface area contributed by atoms with Crippen molar-refractivity contribution in [1.29, 1.82) is 0 Å². The van der Waals surface area contributed by atoms with Gasteiger partial charge in [0.15, 0.2) is 5.82 Å². The molecule has 0 fully saturated rings. The van der Waals surface area contributed by atoms with Crippen LogP contribution in [0.4, 0.5) is 15.9 Å². The molecule has 0 unspecified atom stereocenters. The molecule has 6 heteroatoms. The Morgan fingerprint density at radius 3 is 2.56 bits per heavy atom. The van der Waals surface area contributed by atoms with Gasteiger partial charge in [0.2, 0.25) is 0 Å². The number of fused-ring (bicyclic) bond motifs is 1. The van der Waals surface area contributed by atoms with Crippen LogP contribution in [0.3, 0.4) is 0 Å². The van der Waals surface area contributed by atoms with Crippen LogP contribution in [-0.4, -0.2) is 14.5 Å². The molecule has 2 aromatic heterocycles. The summed E-state index contributed by atoms with van der Waals surface area (Å²) in [6.45, 7) is 0. The summed E-state index contributed by atoms with van der Waals surface area (Å²) in [7, 11) is 0. The molecule has 0 aliphatic rings. The van der Waals surface area contributed by atoms with Crippen molar-refractivity contribution in [3.05, 3.63) is 78.7 Å². The van der Waals surface area contributed by atoms with Gasteiger partial charge in [0.1, 0.15) is 22.9 Å². The Balaban J connectivity index is 1.86. The molecule has 0 saturated carbocycles. The lowest BCUT2D eigenvalue weighted by Gasteiger charge is -2.00. The minimum atomic E-state index is -0.310. The fraction of sp³-hybridized carbons (Fsp3) is 0. The van der Waals surface area contributed by atoms with Crippen LogP contribution in [-0.2, 0) is 0 Å². The first kappa shape index (κ1) is 15.0. The second-order valence-electron chi connectivity index (χ2n) is 5.44. The van der Waals surface area contributed by atoms with Crippen LogP contribution in [0.25, 0.3) is 16.9 Å². The average molecular weight is 332 g/mol. The van der Waals surface area contributed by atoms with Gasteiger partial charge in [-0.2, -0.15) is 0 Å². The van der Waals surface area contributed by atoms with Crippen LogP contribution in [0.15, 0.2) is 83.2 Å². The molecule has 4 aromatic rings. The van der Waals surface area contributed by atoms with E-state index in [9.17, 15) is 9.50 Å². The zero-order valence-corrected chi connectivity index (χ0v) is 13.0. The Morgan fingerprint density at radius 1 is 0.920 bits per heavy atom. The molecule has 0 atom stereocenters. The van der Waals surface area contributed by atoms with Crippen LogP contribution in [0.5, 0.6) is 5.75 Å². The third-order valence-corrected chi connectivity index (χ3v) is 3.71. The Morgan fingerprint density at radius 2 is 1.76 bits per heavy atom. The maximum absolute atomic E-state index is 13.2. The predicted molar refractivity (Wildman–Crippen MR) is 92.9 cm³/mol. The lowest BCUT2D eigenvalue weighted by Crippen LogP contribution is -1.82. The molecule has 0 amide bonds. The van der Waals surface area contributed by atoms with E-state index in [-0.39, 0.29) is 11.6 Å². The van der Waals surface area contributed by atoms with Gasteiger partial charge in [-0.3, -0.25) is 4.40 Å². The number of pyridine rings is 1. The number of hydrogen-bond acceptors (Lipinski definition) is 4. The van der Waals surface area contributed by atoms with Gasteiger partial charge in [-0.25, -0.2) is 9.37 Å².